The molecule has 0 N–H and O–H groups in total. The molecule has 0 aliphatic carbocycles. The van der Waals surface area contributed by atoms with E-state index in [1.54, 1.807) is 31.4 Å². The minimum atomic E-state index is -0.414. The Bertz CT molecular complexity index is 986. The molecule has 0 spiro atoms. The summed E-state index contributed by atoms with van der Waals surface area (Å²) in [5.74, 6) is 1.82. The summed E-state index contributed by atoms with van der Waals surface area (Å²) in [4.78, 5) is 31.4. The summed E-state index contributed by atoms with van der Waals surface area (Å²) >= 11 is 0. The van der Waals surface area contributed by atoms with Crippen molar-refractivity contribution in [3.63, 3.8) is 0 Å². The monoisotopic (exact) mass is 409 g/mol. The van der Waals surface area contributed by atoms with E-state index in [0.29, 0.717) is 24.5 Å². The van der Waals surface area contributed by atoms with Gasteiger partial charge in [-0.1, -0.05) is 6.07 Å². The van der Waals surface area contributed by atoms with Crippen LogP contribution < -0.4 is 24.0 Å². The molecule has 8 nitrogen and oxygen atoms in total. The zero-order valence-electron chi connectivity index (χ0n) is 16.7. The second-order valence-corrected chi connectivity index (χ2v) is 7.55. The minimum Gasteiger partial charge on any atom is -0.497 e. The molecule has 2 saturated heterocycles. The number of carbonyl (C=O) groups excluding carboxylic acids is 2. The van der Waals surface area contributed by atoms with E-state index in [2.05, 4.69) is 9.80 Å². The molecule has 1 unspecified atom stereocenters. The lowest BCUT2D eigenvalue weighted by atomic mass is 10.1. The Balaban J connectivity index is 1.26. The third-order valence-electron chi connectivity index (χ3n) is 5.91. The van der Waals surface area contributed by atoms with Crippen molar-refractivity contribution in [2.75, 3.05) is 49.9 Å². The molecular formula is C22H23N3O5. The third kappa shape index (κ3) is 3.23. The Kier molecular flexibility index (Phi) is 4.71. The van der Waals surface area contributed by atoms with E-state index in [9.17, 15) is 9.59 Å². The van der Waals surface area contributed by atoms with Crippen molar-refractivity contribution in [3.8, 4) is 17.2 Å². The Morgan fingerprint density at radius 3 is 2.53 bits per heavy atom. The highest BCUT2D eigenvalue weighted by Crippen LogP contribution is 2.36. The lowest BCUT2D eigenvalue weighted by molar-refractivity contribution is -0.123. The van der Waals surface area contributed by atoms with Gasteiger partial charge in [0, 0.05) is 44.0 Å². The molecule has 0 saturated carbocycles. The summed E-state index contributed by atoms with van der Waals surface area (Å²) in [5, 5.41) is 0. The predicted molar refractivity (Wildman–Crippen MR) is 110 cm³/mol. The molecule has 30 heavy (non-hydrogen) atoms. The van der Waals surface area contributed by atoms with Gasteiger partial charge in [-0.05, 0) is 24.3 Å². The van der Waals surface area contributed by atoms with Crippen molar-refractivity contribution in [3.05, 3.63) is 42.5 Å². The van der Waals surface area contributed by atoms with Gasteiger partial charge in [0.05, 0.1) is 25.3 Å². The molecule has 2 aromatic rings. The molecule has 0 aromatic heterocycles. The van der Waals surface area contributed by atoms with Crippen LogP contribution in [0.1, 0.15) is 6.42 Å². The van der Waals surface area contributed by atoms with Gasteiger partial charge in [0.1, 0.15) is 5.75 Å². The standard InChI is InChI=1S/C22H23N3O5/c1-28-17-4-2-3-16(11-17)25-21(26)13-18(22(25)27)24-9-7-23(8-10-24)15-5-6-19-20(12-15)30-14-29-19/h2-6,11-12,18H,7-10,13-14H2,1H3. The average molecular weight is 409 g/mol. The topological polar surface area (TPSA) is 71.6 Å². The summed E-state index contributed by atoms with van der Waals surface area (Å²) in [7, 11) is 1.56. The van der Waals surface area contributed by atoms with Crippen LogP contribution in [0.25, 0.3) is 0 Å². The van der Waals surface area contributed by atoms with E-state index in [-0.39, 0.29) is 25.0 Å². The van der Waals surface area contributed by atoms with Crippen molar-refractivity contribution >= 4 is 23.2 Å². The van der Waals surface area contributed by atoms with E-state index < -0.39 is 6.04 Å². The average Bonchev–Trinajstić information content (AvgIpc) is 3.37. The van der Waals surface area contributed by atoms with E-state index in [0.717, 1.165) is 30.3 Å². The van der Waals surface area contributed by atoms with Crippen LogP contribution in [-0.2, 0) is 9.59 Å². The second-order valence-electron chi connectivity index (χ2n) is 7.55. The first-order valence-electron chi connectivity index (χ1n) is 10.0. The van der Waals surface area contributed by atoms with Crippen LogP contribution in [0.5, 0.6) is 17.2 Å². The molecule has 2 aromatic carbocycles. The van der Waals surface area contributed by atoms with Gasteiger partial charge >= 0.3 is 0 Å². The van der Waals surface area contributed by atoms with Gasteiger partial charge in [-0.2, -0.15) is 0 Å². The third-order valence-corrected chi connectivity index (χ3v) is 5.91. The fraction of sp³-hybridized carbons (Fsp3) is 0.364. The summed E-state index contributed by atoms with van der Waals surface area (Å²) in [6, 6.07) is 12.6. The maximum absolute atomic E-state index is 13.1. The number of piperazine rings is 1. The molecule has 156 valence electrons. The lowest BCUT2D eigenvalue weighted by Crippen LogP contribution is -2.52. The van der Waals surface area contributed by atoms with Crippen LogP contribution in [-0.4, -0.2) is 62.8 Å². The highest BCUT2D eigenvalue weighted by Gasteiger charge is 2.43. The Hall–Kier alpha value is -3.26. The Morgan fingerprint density at radius 2 is 1.73 bits per heavy atom. The van der Waals surface area contributed by atoms with E-state index in [1.807, 2.05) is 18.2 Å². The Labute approximate surface area is 174 Å². The molecule has 8 heteroatoms. The molecule has 1 atom stereocenters. The van der Waals surface area contributed by atoms with Crippen LogP contribution >= 0.6 is 0 Å². The first-order valence-corrected chi connectivity index (χ1v) is 10.0. The minimum absolute atomic E-state index is 0.162. The number of hydrogen-bond donors (Lipinski definition) is 0. The van der Waals surface area contributed by atoms with Crippen LogP contribution in [0.4, 0.5) is 11.4 Å². The highest BCUT2D eigenvalue weighted by molar-refractivity contribution is 6.22. The van der Waals surface area contributed by atoms with Gasteiger partial charge in [-0.25, -0.2) is 4.90 Å². The molecule has 3 aliphatic heterocycles. The number of fused-ring (bicyclic) bond motifs is 1. The molecule has 2 fully saturated rings. The summed E-state index contributed by atoms with van der Waals surface area (Å²) in [6.45, 7) is 3.23. The summed E-state index contributed by atoms with van der Waals surface area (Å²) < 4.78 is 16.1. The second kappa shape index (κ2) is 7.53. The van der Waals surface area contributed by atoms with Gasteiger partial charge in [0.2, 0.25) is 12.7 Å². The number of rotatable bonds is 4. The van der Waals surface area contributed by atoms with Crippen molar-refractivity contribution in [1.29, 1.82) is 0 Å². The number of benzene rings is 2. The van der Waals surface area contributed by atoms with Gasteiger partial charge in [-0.3, -0.25) is 14.5 Å². The van der Waals surface area contributed by atoms with E-state index >= 15 is 0 Å². The summed E-state index contributed by atoms with van der Waals surface area (Å²) in [6.07, 6.45) is 0.208. The number of nitrogens with zero attached hydrogens (tertiary/aromatic N) is 3. The number of imide groups is 1. The zero-order valence-corrected chi connectivity index (χ0v) is 16.7. The highest BCUT2D eigenvalue weighted by atomic mass is 16.7. The first kappa shape index (κ1) is 18.7. The van der Waals surface area contributed by atoms with E-state index in [4.69, 9.17) is 14.2 Å². The molecular weight excluding hydrogens is 386 g/mol. The SMILES string of the molecule is COc1cccc(N2C(=O)CC(N3CCN(c4ccc5c(c4)OCO5)CC3)C2=O)c1. The normalized spacial score (nSPS) is 21.4. The Morgan fingerprint density at radius 1 is 0.933 bits per heavy atom. The van der Waals surface area contributed by atoms with E-state index in [1.165, 1.54) is 4.90 Å². The zero-order chi connectivity index (χ0) is 20.7. The predicted octanol–water partition coefficient (Wildman–Crippen LogP) is 1.88. The van der Waals surface area contributed by atoms with Crippen LogP contribution in [0.3, 0.4) is 0 Å². The van der Waals surface area contributed by atoms with Gasteiger partial charge in [0.25, 0.3) is 5.91 Å². The quantitative estimate of drug-likeness (QED) is 0.714. The molecule has 5 rings (SSSR count). The number of anilines is 2. The fourth-order valence-electron chi connectivity index (χ4n) is 4.30. The fourth-order valence-corrected chi connectivity index (χ4v) is 4.30. The van der Waals surface area contributed by atoms with Crippen molar-refractivity contribution in [1.82, 2.24) is 4.90 Å². The number of ether oxygens (including phenoxy) is 3. The molecule has 3 aliphatic rings. The molecule has 0 bridgehead atoms. The number of carbonyl (C=O) groups is 2. The maximum atomic E-state index is 13.1. The van der Waals surface area contributed by atoms with Crippen molar-refractivity contribution in [2.24, 2.45) is 0 Å². The molecule has 0 radical (unpaired) electrons. The molecule has 3 heterocycles. The smallest absolute Gasteiger partial charge is 0.251 e. The van der Waals surface area contributed by atoms with Crippen LogP contribution in [0.15, 0.2) is 42.5 Å². The summed E-state index contributed by atoms with van der Waals surface area (Å²) in [5.41, 5.74) is 1.64. The largest absolute Gasteiger partial charge is 0.497 e. The van der Waals surface area contributed by atoms with Gasteiger partial charge in [0.15, 0.2) is 11.5 Å². The van der Waals surface area contributed by atoms with Crippen LogP contribution in [0, 0.1) is 0 Å². The van der Waals surface area contributed by atoms with Crippen molar-refractivity contribution in [2.45, 2.75) is 12.5 Å². The number of amides is 2. The van der Waals surface area contributed by atoms with Gasteiger partial charge in [-0.15, -0.1) is 0 Å². The first-order chi connectivity index (χ1) is 14.6. The number of hydrogen-bond acceptors (Lipinski definition) is 7. The maximum Gasteiger partial charge on any atom is 0.251 e. The number of methoxy groups -OCH3 is 1. The van der Waals surface area contributed by atoms with Crippen LogP contribution in [0.2, 0.25) is 0 Å². The lowest BCUT2D eigenvalue weighted by Gasteiger charge is -2.38. The van der Waals surface area contributed by atoms with Crippen molar-refractivity contribution < 1.29 is 23.8 Å². The molecule has 2 amide bonds. The van der Waals surface area contributed by atoms with Gasteiger partial charge < -0.3 is 19.1 Å².